The highest BCUT2D eigenvalue weighted by Crippen LogP contribution is 2.17. The van der Waals surface area contributed by atoms with Crippen LogP contribution in [0.5, 0.6) is 0 Å². The number of hydrogen-bond acceptors (Lipinski definition) is 3. The Kier molecular flexibility index (Phi) is 3.81. The molecular formula is C13H14BrN3O. The summed E-state index contributed by atoms with van der Waals surface area (Å²) in [6.45, 7) is 0. The molecule has 1 heterocycles. The van der Waals surface area contributed by atoms with Crippen LogP contribution in [-0.2, 0) is 19.9 Å². The summed E-state index contributed by atoms with van der Waals surface area (Å²) in [4.78, 5) is 15.8. The van der Waals surface area contributed by atoms with E-state index in [0.717, 1.165) is 16.6 Å². The highest BCUT2D eigenvalue weighted by molar-refractivity contribution is 9.10. The number of anilines is 1. The molecule has 18 heavy (non-hydrogen) atoms. The Morgan fingerprint density at radius 2 is 2.06 bits per heavy atom. The van der Waals surface area contributed by atoms with Crippen LogP contribution in [0.4, 0.5) is 5.95 Å². The van der Waals surface area contributed by atoms with E-state index in [1.54, 1.807) is 7.05 Å². The van der Waals surface area contributed by atoms with E-state index in [0.29, 0.717) is 6.42 Å². The minimum absolute atomic E-state index is 0.121. The van der Waals surface area contributed by atoms with E-state index in [4.69, 9.17) is 5.73 Å². The highest BCUT2D eigenvalue weighted by Gasteiger charge is 2.04. The number of aromatic nitrogens is 2. The fraction of sp³-hybridized carbons (Fsp3) is 0.231. The van der Waals surface area contributed by atoms with E-state index in [-0.39, 0.29) is 11.5 Å². The third-order valence-electron chi connectivity index (χ3n) is 2.83. The molecule has 2 N–H and O–H groups in total. The van der Waals surface area contributed by atoms with E-state index in [1.807, 2.05) is 18.2 Å². The summed E-state index contributed by atoms with van der Waals surface area (Å²) in [5.41, 5.74) is 7.46. The maximum absolute atomic E-state index is 11.6. The number of halogens is 1. The standard InChI is InChI=1S/C13H14BrN3O/c1-17-12(18)8-10(16-13(17)15)7-6-9-4-2-3-5-11(9)14/h2-5,8H,6-7H2,1H3,(H2,15,16). The molecule has 94 valence electrons. The van der Waals surface area contributed by atoms with Crippen molar-refractivity contribution >= 4 is 21.9 Å². The predicted molar refractivity (Wildman–Crippen MR) is 75.4 cm³/mol. The van der Waals surface area contributed by atoms with Gasteiger partial charge in [0.15, 0.2) is 0 Å². The second-order valence-corrected chi connectivity index (χ2v) is 4.95. The van der Waals surface area contributed by atoms with Crippen LogP contribution in [-0.4, -0.2) is 9.55 Å². The fourth-order valence-corrected chi connectivity index (χ4v) is 2.18. The Morgan fingerprint density at radius 1 is 1.33 bits per heavy atom. The Morgan fingerprint density at radius 3 is 2.72 bits per heavy atom. The summed E-state index contributed by atoms with van der Waals surface area (Å²) in [6.07, 6.45) is 1.52. The zero-order valence-electron chi connectivity index (χ0n) is 10.1. The summed E-state index contributed by atoms with van der Waals surface area (Å²) >= 11 is 3.50. The lowest BCUT2D eigenvalue weighted by Gasteiger charge is -2.06. The number of benzene rings is 1. The molecule has 0 saturated heterocycles. The Bertz CT molecular complexity index is 622. The van der Waals surface area contributed by atoms with Gasteiger partial charge in [-0.15, -0.1) is 0 Å². The number of aryl methyl sites for hydroxylation is 2. The maximum Gasteiger partial charge on any atom is 0.254 e. The van der Waals surface area contributed by atoms with Crippen molar-refractivity contribution < 1.29 is 0 Å². The molecule has 0 spiro atoms. The molecule has 0 radical (unpaired) electrons. The molecule has 0 aliphatic carbocycles. The van der Waals surface area contributed by atoms with Crippen molar-refractivity contribution in [1.29, 1.82) is 0 Å². The molecule has 1 aromatic heterocycles. The molecule has 0 aliphatic heterocycles. The van der Waals surface area contributed by atoms with Crippen LogP contribution in [0.2, 0.25) is 0 Å². The predicted octanol–water partition coefficient (Wildman–Crippen LogP) is 1.91. The van der Waals surface area contributed by atoms with Crippen LogP contribution in [0, 0.1) is 0 Å². The van der Waals surface area contributed by atoms with E-state index in [2.05, 4.69) is 27.0 Å². The van der Waals surface area contributed by atoms with E-state index in [9.17, 15) is 4.79 Å². The SMILES string of the molecule is Cn1c(N)nc(CCc2ccccc2Br)cc1=O. The largest absolute Gasteiger partial charge is 0.369 e. The van der Waals surface area contributed by atoms with Crippen molar-refractivity contribution in [1.82, 2.24) is 9.55 Å². The fourth-order valence-electron chi connectivity index (χ4n) is 1.70. The van der Waals surface area contributed by atoms with Gasteiger partial charge in [-0.1, -0.05) is 34.1 Å². The van der Waals surface area contributed by atoms with Gasteiger partial charge >= 0.3 is 0 Å². The Hall–Kier alpha value is -1.62. The lowest BCUT2D eigenvalue weighted by molar-refractivity contribution is 0.805. The van der Waals surface area contributed by atoms with Crippen LogP contribution in [0.15, 0.2) is 39.6 Å². The molecule has 1 aromatic carbocycles. The van der Waals surface area contributed by atoms with Gasteiger partial charge in [0.25, 0.3) is 5.56 Å². The summed E-state index contributed by atoms with van der Waals surface area (Å²) in [6, 6.07) is 9.55. The van der Waals surface area contributed by atoms with Gasteiger partial charge in [0.2, 0.25) is 5.95 Å². The number of hydrogen-bond donors (Lipinski definition) is 1. The first-order chi connectivity index (χ1) is 8.58. The first kappa shape index (κ1) is 12.8. The number of nitrogens with two attached hydrogens (primary N) is 1. The first-order valence-electron chi connectivity index (χ1n) is 5.64. The van der Waals surface area contributed by atoms with Crippen LogP contribution >= 0.6 is 15.9 Å². The van der Waals surface area contributed by atoms with Gasteiger partial charge < -0.3 is 5.73 Å². The van der Waals surface area contributed by atoms with Crippen molar-refractivity contribution in [3.8, 4) is 0 Å². The van der Waals surface area contributed by atoms with Gasteiger partial charge in [-0.05, 0) is 24.5 Å². The van der Waals surface area contributed by atoms with Crippen LogP contribution in [0.3, 0.4) is 0 Å². The minimum Gasteiger partial charge on any atom is -0.369 e. The molecule has 0 amide bonds. The average molecular weight is 308 g/mol. The smallest absolute Gasteiger partial charge is 0.254 e. The van der Waals surface area contributed by atoms with Gasteiger partial charge in [0.05, 0.1) is 5.69 Å². The van der Waals surface area contributed by atoms with E-state index >= 15 is 0 Å². The van der Waals surface area contributed by atoms with Gasteiger partial charge in [-0.3, -0.25) is 9.36 Å². The molecule has 2 rings (SSSR count). The molecule has 0 bridgehead atoms. The maximum atomic E-state index is 11.6. The second kappa shape index (κ2) is 5.35. The summed E-state index contributed by atoms with van der Waals surface area (Å²) in [5, 5.41) is 0. The summed E-state index contributed by atoms with van der Waals surface area (Å²) < 4.78 is 2.41. The molecule has 0 fully saturated rings. The normalized spacial score (nSPS) is 10.6. The second-order valence-electron chi connectivity index (χ2n) is 4.09. The van der Waals surface area contributed by atoms with Crippen molar-refractivity contribution in [2.45, 2.75) is 12.8 Å². The average Bonchev–Trinajstić information content (AvgIpc) is 2.35. The first-order valence-corrected chi connectivity index (χ1v) is 6.43. The monoisotopic (exact) mass is 307 g/mol. The van der Waals surface area contributed by atoms with Crippen LogP contribution in [0.1, 0.15) is 11.3 Å². The topological polar surface area (TPSA) is 60.9 Å². The van der Waals surface area contributed by atoms with Crippen molar-refractivity contribution in [3.63, 3.8) is 0 Å². The lowest BCUT2D eigenvalue weighted by atomic mass is 10.1. The Balaban J connectivity index is 2.17. The number of nitrogens with zero attached hydrogens (tertiary/aromatic N) is 2. The van der Waals surface area contributed by atoms with Gasteiger partial charge in [-0.25, -0.2) is 4.98 Å². The summed E-state index contributed by atoms with van der Waals surface area (Å²) in [5.74, 6) is 0.254. The third kappa shape index (κ3) is 2.79. The molecule has 0 saturated carbocycles. The molecule has 4 nitrogen and oxygen atoms in total. The van der Waals surface area contributed by atoms with Gasteiger partial charge in [0, 0.05) is 17.6 Å². The zero-order valence-corrected chi connectivity index (χ0v) is 11.6. The van der Waals surface area contributed by atoms with Gasteiger partial charge in [0.1, 0.15) is 0 Å². The lowest BCUT2D eigenvalue weighted by Crippen LogP contribution is -2.21. The molecule has 2 aromatic rings. The highest BCUT2D eigenvalue weighted by atomic mass is 79.9. The quantitative estimate of drug-likeness (QED) is 0.942. The van der Waals surface area contributed by atoms with E-state index in [1.165, 1.54) is 16.2 Å². The Labute approximate surface area is 114 Å². The zero-order chi connectivity index (χ0) is 13.1. The van der Waals surface area contributed by atoms with Crippen LogP contribution in [0.25, 0.3) is 0 Å². The number of rotatable bonds is 3. The summed E-state index contributed by atoms with van der Waals surface area (Å²) in [7, 11) is 1.61. The molecule has 0 unspecified atom stereocenters. The number of nitrogen functional groups attached to an aromatic ring is 1. The van der Waals surface area contributed by atoms with Crippen molar-refractivity contribution in [2.24, 2.45) is 7.05 Å². The molecule has 0 aliphatic rings. The van der Waals surface area contributed by atoms with E-state index < -0.39 is 0 Å². The molecule has 0 atom stereocenters. The molecule has 5 heteroatoms. The van der Waals surface area contributed by atoms with Crippen molar-refractivity contribution in [2.75, 3.05) is 5.73 Å². The van der Waals surface area contributed by atoms with Crippen molar-refractivity contribution in [3.05, 3.63) is 56.4 Å². The van der Waals surface area contributed by atoms with Gasteiger partial charge in [-0.2, -0.15) is 0 Å². The van der Waals surface area contributed by atoms with Crippen LogP contribution < -0.4 is 11.3 Å². The minimum atomic E-state index is -0.121. The molecular weight excluding hydrogens is 294 g/mol. The third-order valence-corrected chi connectivity index (χ3v) is 3.60.